The number of amides is 3. The largest absolute Gasteiger partial charge is 0.341 e. The molecule has 2 aliphatic heterocycles. The highest BCUT2D eigenvalue weighted by Crippen LogP contribution is 2.18. The van der Waals surface area contributed by atoms with E-state index in [-0.39, 0.29) is 11.9 Å². The lowest BCUT2D eigenvalue weighted by Gasteiger charge is -2.33. The summed E-state index contributed by atoms with van der Waals surface area (Å²) in [6.07, 6.45) is 3.42. The van der Waals surface area contributed by atoms with Crippen LogP contribution in [0.5, 0.6) is 0 Å². The molecule has 0 spiro atoms. The molecule has 136 valence electrons. The quantitative estimate of drug-likeness (QED) is 0.867. The summed E-state index contributed by atoms with van der Waals surface area (Å²) in [5.74, 6) is 0.129. The Hall–Kier alpha value is -2.08. The molecule has 1 atom stereocenters. The van der Waals surface area contributed by atoms with Gasteiger partial charge in [0.25, 0.3) is 0 Å². The molecule has 1 saturated heterocycles. The molecular formula is C19H28N4O2. The van der Waals surface area contributed by atoms with Crippen molar-refractivity contribution in [2.24, 2.45) is 0 Å². The molecule has 25 heavy (non-hydrogen) atoms. The van der Waals surface area contributed by atoms with Gasteiger partial charge in [0.2, 0.25) is 5.91 Å². The maximum absolute atomic E-state index is 12.3. The van der Waals surface area contributed by atoms with E-state index in [1.807, 2.05) is 29.0 Å². The number of fused-ring (bicyclic) bond motifs is 1. The Morgan fingerprint density at radius 1 is 1.16 bits per heavy atom. The summed E-state index contributed by atoms with van der Waals surface area (Å²) >= 11 is 0. The van der Waals surface area contributed by atoms with Gasteiger partial charge < -0.3 is 20.4 Å². The second kappa shape index (κ2) is 8.34. The van der Waals surface area contributed by atoms with Crippen LogP contribution in [0.25, 0.3) is 0 Å². The van der Waals surface area contributed by atoms with Crippen molar-refractivity contribution in [3.63, 3.8) is 0 Å². The third-order valence-electron chi connectivity index (χ3n) is 5.22. The van der Waals surface area contributed by atoms with Crippen molar-refractivity contribution in [3.05, 3.63) is 35.4 Å². The normalized spacial score (nSPS) is 20.1. The molecule has 1 aromatic carbocycles. The highest BCUT2D eigenvalue weighted by Gasteiger charge is 2.23. The lowest BCUT2D eigenvalue weighted by molar-refractivity contribution is -0.132. The molecule has 1 unspecified atom stereocenters. The van der Waals surface area contributed by atoms with E-state index in [2.05, 4.69) is 22.8 Å². The average Bonchev–Trinajstić information content (AvgIpc) is 2.67. The maximum atomic E-state index is 12.3. The highest BCUT2D eigenvalue weighted by atomic mass is 16.2. The first kappa shape index (κ1) is 17.7. The summed E-state index contributed by atoms with van der Waals surface area (Å²) in [5.41, 5.74) is 2.54. The van der Waals surface area contributed by atoms with Crippen LogP contribution in [0.1, 0.15) is 30.4 Å². The Kier molecular flexibility index (Phi) is 5.91. The van der Waals surface area contributed by atoms with Crippen LogP contribution in [0.3, 0.4) is 0 Å². The van der Waals surface area contributed by atoms with Crippen LogP contribution in [0.15, 0.2) is 24.3 Å². The molecule has 0 radical (unpaired) electrons. The van der Waals surface area contributed by atoms with Gasteiger partial charge in [-0.3, -0.25) is 4.79 Å². The van der Waals surface area contributed by atoms with Crippen LogP contribution in [-0.2, 0) is 17.8 Å². The predicted molar refractivity (Wildman–Crippen MR) is 97.2 cm³/mol. The van der Waals surface area contributed by atoms with E-state index in [9.17, 15) is 9.59 Å². The van der Waals surface area contributed by atoms with Crippen molar-refractivity contribution in [1.29, 1.82) is 0 Å². The fourth-order valence-corrected chi connectivity index (χ4v) is 3.65. The standard InChI is InChI=1S/C19H28N4O2/c1-20-17-7-4-11-22(14-17)18(24)8-10-21-19(25)23-12-9-15-5-2-3-6-16(15)13-23/h2-3,5-6,17,20H,4,7-14H2,1H3,(H,21,25). The number of carbonyl (C=O) groups excluding carboxylic acids is 2. The summed E-state index contributed by atoms with van der Waals surface area (Å²) in [4.78, 5) is 28.4. The second-order valence-corrected chi connectivity index (χ2v) is 6.89. The molecule has 2 aliphatic rings. The Balaban J connectivity index is 1.42. The monoisotopic (exact) mass is 344 g/mol. The Morgan fingerprint density at radius 3 is 2.76 bits per heavy atom. The van der Waals surface area contributed by atoms with Crippen molar-refractivity contribution in [1.82, 2.24) is 20.4 Å². The molecule has 1 aromatic rings. The topological polar surface area (TPSA) is 64.7 Å². The number of urea groups is 1. The first-order chi connectivity index (χ1) is 12.2. The van der Waals surface area contributed by atoms with Gasteiger partial charge in [0.15, 0.2) is 0 Å². The van der Waals surface area contributed by atoms with Crippen LogP contribution >= 0.6 is 0 Å². The number of likely N-dealkylation sites (tertiary alicyclic amines) is 1. The van der Waals surface area contributed by atoms with Gasteiger partial charge in [-0.25, -0.2) is 4.79 Å². The molecule has 2 heterocycles. The van der Waals surface area contributed by atoms with Gasteiger partial charge in [0, 0.05) is 45.2 Å². The number of likely N-dealkylation sites (N-methyl/N-ethyl adjacent to an activating group) is 1. The van der Waals surface area contributed by atoms with Gasteiger partial charge in [0.1, 0.15) is 0 Å². The van der Waals surface area contributed by atoms with E-state index < -0.39 is 0 Å². The molecule has 3 amide bonds. The van der Waals surface area contributed by atoms with E-state index >= 15 is 0 Å². The Bertz CT molecular complexity index is 619. The second-order valence-electron chi connectivity index (χ2n) is 6.89. The smallest absolute Gasteiger partial charge is 0.317 e. The summed E-state index contributed by atoms with van der Waals surface area (Å²) in [6.45, 7) is 3.37. The van der Waals surface area contributed by atoms with Gasteiger partial charge in [-0.15, -0.1) is 0 Å². The van der Waals surface area contributed by atoms with E-state index in [1.54, 1.807) is 0 Å². The van der Waals surface area contributed by atoms with Crippen molar-refractivity contribution in [3.8, 4) is 0 Å². The zero-order valence-electron chi connectivity index (χ0n) is 15.0. The van der Waals surface area contributed by atoms with Crippen LogP contribution < -0.4 is 10.6 Å². The fourth-order valence-electron chi connectivity index (χ4n) is 3.65. The van der Waals surface area contributed by atoms with Gasteiger partial charge >= 0.3 is 6.03 Å². The molecule has 0 bridgehead atoms. The minimum absolute atomic E-state index is 0.0750. The Morgan fingerprint density at radius 2 is 1.96 bits per heavy atom. The number of nitrogens with zero attached hydrogens (tertiary/aromatic N) is 2. The van der Waals surface area contributed by atoms with E-state index in [0.29, 0.717) is 25.6 Å². The van der Waals surface area contributed by atoms with Crippen molar-refractivity contribution < 1.29 is 9.59 Å². The summed E-state index contributed by atoms with van der Waals surface area (Å²) < 4.78 is 0. The number of carbonyl (C=O) groups is 2. The number of piperidine rings is 1. The van der Waals surface area contributed by atoms with Crippen LogP contribution in [0.2, 0.25) is 0 Å². The molecule has 0 aliphatic carbocycles. The first-order valence-corrected chi connectivity index (χ1v) is 9.22. The molecule has 1 fully saturated rings. The van der Waals surface area contributed by atoms with Gasteiger partial charge in [-0.2, -0.15) is 0 Å². The van der Waals surface area contributed by atoms with Gasteiger partial charge in [-0.1, -0.05) is 24.3 Å². The summed E-state index contributed by atoms with van der Waals surface area (Å²) in [5, 5.41) is 6.15. The van der Waals surface area contributed by atoms with E-state index in [0.717, 1.165) is 38.9 Å². The fraction of sp³-hybridized carbons (Fsp3) is 0.579. The average molecular weight is 344 g/mol. The van der Waals surface area contributed by atoms with E-state index in [1.165, 1.54) is 11.1 Å². The molecule has 0 saturated carbocycles. The number of rotatable bonds is 4. The van der Waals surface area contributed by atoms with Crippen molar-refractivity contribution in [2.45, 2.75) is 38.3 Å². The maximum Gasteiger partial charge on any atom is 0.317 e. The molecule has 6 heteroatoms. The number of hydrogen-bond acceptors (Lipinski definition) is 3. The highest BCUT2D eigenvalue weighted by molar-refractivity contribution is 5.78. The number of benzene rings is 1. The summed E-state index contributed by atoms with van der Waals surface area (Å²) in [7, 11) is 1.94. The van der Waals surface area contributed by atoms with Crippen molar-refractivity contribution in [2.75, 3.05) is 33.2 Å². The first-order valence-electron chi connectivity index (χ1n) is 9.22. The number of nitrogens with one attached hydrogen (secondary N) is 2. The number of hydrogen-bond donors (Lipinski definition) is 2. The lowest BCUT2D eigenvalue weighted by atomic mass is 10.0. The third-order valence-corrected chi connectivity index (χ3v) is 5.22. The van der Waals surface area contributed by atoms with Crippen LogP contribution in [0.4, 0.5) is 4.79 Å². The molecule has 3 rings (SSSR count). The van der Waals surface area contributed by atoms with Crippen LogP contribution in [-0.4, -0.2) is 61.0 Å². The minimum Gasteiger partial charge on any atom is -0.341 e. The lowest BCUT2D eigenvalue weighted by Crippen LogP contribution is -2.48. The SMILES string of the molecule is CNC1CCCN(C(=O)CCNC(=O)N2CCc3ccccc3C2)C1. The Labute approximate surface area is 149 Å². The molecule has 2 N–H and O–H groups in total. The molecule has 6 nitrogen and oxygen atoms in total. The zero-order chi connectivity index (χ0) is 17.6. The third kappa shape index (κ3) is 4.51. The van der Waals surface area contributed by atoms with Crippen molar-refractivity contribution >= 4 is 11.9 Å². The van der Waals surface area contributed by atoms with Gasteiger partial charge in [0.05, 0.1) is 0 Å². The molecular weight excluding hydrogens is 316 g/mol. The molecule has 0 aromatic heterocycles. The predicted octanol–water partition coefficient (Wildman–Crippen LogP) is 1.35. The summed E-state index contributed by atoms with van der Waals surface area (Å²) in [6, 6.07) is 8.57. The zero-order valence-corrected chi connectivity index (χ0v) is 15.0. The van der Waals surface area contributed by atoms with Crippen LogP contribution in [0, 0.1) is 0 Å². The minimum atomic E-state index is -0.0750. The van der Waals surface area contributed by atoms with Gasteiger partial charge in [-0.05, 0) is 37.4 Å². The van der Waals surface area contributed by atoms with E-state index in [4.69, 9.17) is 0 Å².